The molecule has 0 bridgehead atoms. The van der Waals surface area contributed by atoms with Crippen molar-refractivity contribution in [2.24, 2.45) is 0 Å². The Hall–Kier alpha value is -3.52. The minimum absolute atomic E-state index is 0.0330. The van der Waals surface area contributed by atoms with Gasteiger partial charge in [-0.05, 0) is 53.4 Å². The molecule has 1 amide bonds. The van der Waals surface area contributed by atoms with Crippen molar-refractivity contribution in [1.82, 2.24) is 19.8 Å². The smallest absolute Gasteiger partial charge is 0.238 e. The zero-order valence-corrected chi connectivity index (χ0v) is 22.5. The molecule has 38 heavy (non-hydrogen) atoms. The van der Waals surface area contributed by atoms with E-state index in [9.17, 15) is 4.79 Å². The van der Waals surface area contributed by atoms with Gasteiger partial charge >= 0.3 is 0 Å². The number of amides is 1. The van der Waals surface area contributed by atoms with Crippen LogP contribution < -0.4 is 10.1 Å². The van der Waals surface area contributed by atoms with E-state index < -0.39 is 0 Å². The summed E-state index contributed by atoms with van der Waals surface area (Å²) in [6.07, 6.45) is 2.54. The summed E-state index contributed by atoms with van der Waals surface area (Å²) in [6, 6.07) is 19.9. The second-order valence-electron chi connectivity index (χ2n) is 9.55. The van der Waals surface area contributed by atoms with Crippen molar-refractivity contribution >= 4 is 34.0 Å². The predicted octanol–water partition coefficient (Wildman–Crippen LogP) is 5.28. The number of hydrogen-bond acceptors (Lipinski definition) is 6. The lowest BCUT2D eigenvalue weighted by Crippen LogP contribution is -2.48. The fraction of sp³-hybridized carbons (Fsp3) is 0.300. The molecule has 2 heterocycles. The lowest BCUT2D eigenvalue weighted by atomic mass is 10.0. The fourth-order valence-electron chi connectivity index (χ4n) is 4.79. The van der Waals surface area contributed by atoms with Gasteiger partial charge in [0.2, 0.25) is 5.91 Å². The Morgan fingerprint density at radius 3 is 2.50 bits per heavy atom. The first kappa shape index (κ1) is 26.1. The Kier molecular flexibility index (Phi) is 8.17. The standard InChI is InChI=1S/C30H32ClN5O2/c1-3-29-32-11-10-27(33-29)23-16-22-6-9-25(38-2)18-26(22)28(17-23)34-30(37)20-36-14-12-35(13-15-36)19-21-4-7-24(31)8-5-21/h4-11,16-18H,3,12-15,19-20H2,1-2H3,(H,34,37). The van der Waals surface area contributed by atoms with E-state index in [2.05, 4.69) is 43.3 Å². The fourth-order valence-corrected chi connectivity index (χ4v) is 4.92. The monoisotopic (exact) mass is 529 g/mol. The maximum absolute atomic E-state index is 13.2. The van der Waals surface area contributed by atoms with Crippen LogP contribution in [0.5, 0.6) is 5.75 Å². The molecule has 4 aromatic rings. The normalized spacial score (nSPS) is 14.5. The van der Waals surface area contributed by atoms with Crippen LogP contribution in [0.4, 0.5) is 5.69 Å². The molecular formula is C30H32ClN5O2. The van der Waals surface area contributed by atoms with Crippen molar-refractivity contribution in [2.75, 3.05) is 45.2 Å². The Bertz CT molecular complexity index is 1420. The molecule has 196 valence electrons. The molecular weight excluding hydrogens is 498 g/mol. The maximum Gasteiger partial charge on any atom is 0.238 e. The number of benzene rings is 3. The van der Waals surface area contributed by atoms with E-state index >= 15 is 0 Å². The van der Waals surface area contributed by atoms with Gasteiger partial charge in [-0.25, -0.2) is 9.97 Å². The number of carbonyl (C=O) groups is 1. The number of halogens is 1. The molecule has 0 spiro atoms. The Balaban J connectivity index is 1.29. The molecule has 8 heteroatoms. The number of anilines is 1. The summed E-state index contributed by atoms with van der Waals surface area (Å²) in [4.78, 5) is 26.8. The topological polar surface area (TPSA) is 70.6 Å². The van der Waals surface area contributed by atoms with Crippen molar-refractivity contribution in [3.63, 3.8) is 0 Å². The highest BCUT2D eigenvalue weighted by atomic mass is 35.5. The number of nitrogens with one attached hydrogen (secondary N) is 1. The lowest BCUT2D eigenvalue weighted by molar-refractivity contribution is -0.117. The lowest BCUT2D eigenvalue weighted by Gasteiger charge is -2.34. The maximum atomic E-state index is 13.2. The summed E-state index contributed by atoms with van der Waals surface area (Å²) in [6.45, 7) is 6.79. The van der Waals surface area contributed by atoms with Crippen molar-refractivity contribution in [3.8, 4) is 17.0 Å². The highest BCUT2D eigenvalue weighted by Gasteiger charge is 2.20. The minimum atomic E-state index is -0.0330. The van der Waals surface area contributed by atoms with Gasteiger partial charge in [-0.1, -0.05) is 36.7 Å². The number of rotatable bonds is 8. The number of piperazine rings is 1. The van der Waals surface area contributed by atoms with Crippen molar-refractivity contribution in [1.29, 1.82) is 0 Å². The van der Waals surface area contributed by atoms with Crippen LogP contribution in [0.1, 0.15) is 18.3 Å². The minimum Gasteiger partial charge on any atom is -0.497 e. The van der Waals surface area contributed by atoms with Crippen LogP contribution in [0.25, 0.3) is 22.0 Å². The summed E-state index contributed by atoms with van der Waals surface area (Å²) >= 11 is 6.01. The second kappa shape index (κ2) is 11.9. The van der Waals surface area contributed by atoms with E-state index in [1.54, 1.807) is 13.3 Å². The van der Waals surface area contributed by atoms with E-state index in [4.69, 9.17) is 16.3 Å². The molecule has 1 fully saturated rings. The Morgan fingerprint density at radius 2 is 1.76 bits per heavy atom. The van der Waals surface area contributed by atoms with Crippen molar-refractivity contribution in [2.45, 2.75) is 19.9 Å². The molecule has 1 N–H and O–H groups in total. The van der Waals surface area contributed by atoms with E-state index in [-0.39, 0.29) is 5.91 Å². The molecule has 0 atom stereocenters. The molecule has 0 radical (unpaired) electrons. The van der Waals surface area contributed by atoms with Gasteiger partial charge in [-0.15, -0.1) is 0 Å². The third-order valence-corrected chi connectivity index (χ3v) is 7.16. The highest BCUT2D eigenvalue weighted by Crippen LogP contribution is 2.33. The average Bonchev–Trinajstić information content (AvgIpc) is 2.95. The van der Waals surface area contributed by atoms with Crippen LogP contribution in [0.15, 0.2) is 66.9 Å². The summed E-state index contributed by atoms with van der Waals surface area (Å²) < 4.78 is 5.45. The van der Waals surface area contributed by atoms with Gasteiger partial charge in [0.1, 0.15) is 11.6 Å². The summed E-state index contributed by atoms with van der Waals surface area (Å²) in [5, 5.41) is 5.86. The predicted molar refractivity (Wildman–Crippen MR) is 153 cm³/mol. The average molecular weight is 530 g/mol. The first-order chi connectivity index (χ1) is 18.5. The summed E-state index contributed by atoms with van der Waals surface area (Å²) in [7, 11) is 1.65. The first-order valence-corrected chi connectivity index (χ1v) is 13.3. The van der Waals surface area contributed by atoms with Gasteiger partial charge in [-0.3, -0.25) is 14.6 Å². The molecule has 0 unspecified atom stereocenters. The number of fused-ring (bicyclic) bond motifs is 1. The summed E-state index contributed by atoms with van der Waals surface area (Å²) in [5.41, 5.74) is 3.77. The van der Waals surface area contributed by atoms with Crippen LogP contribution >= 0.6 is 11.6 Å². The van der Waals surface area contributed by atoms with E-state index in [1.807, 2.05) is 49.4 Å². The molecule has 5 rings (SSSR count). The summed E-state index contributed by atoms with van der Waals surface area (Å²) in [5.74, 6) is 1.50. The molecule has 0 saturated carbocycles. The zero-order valence-electron chi connectivity index (χ0n) is 21.8. The zero-order chi connectivity index (χ0) is 26.5. The molecule has 1 aliphatic heterocycles. The number of hydrogen-bond donors (Lipinski definition) is 1. The van der Waals surface area contributed by atoms with Crippen LogP contribution in [-0.2, 0) is 17.8 Å². The molecule has 3 aromatic carbocycles. The largest absolute Gasteiger partial charge is 0.497 e. The number of aryl methyl sites for hydroxylation is 1. The van der Waals surface area contributed by atoms with Gasteiger partial charge in [0.25, 0.3) is 0 Å². The van der Waals surface area contributed by atoms with Crippen LogP contribution in [0.2, 0.25) is 5.02 Å². The van der Waals surface area contributed by atoms with Gasteiger partial charge in [0.05, 0.1) is 19.3 Å². The van der Waals surface area contributed by atoms with Crippen molar-refractivity contribution < 1.29 is 9.53 Å². The third kappa shape index (κ3) is 6.30. The number of aromatic nitrogens is 2. The van der Waals surface area contributed by atoms with E-state index in [0.717, 1.165) is 83.5 Å². The van der Waals surface area contributed by atoms with Gasteiger partial charge in [-0.2, -0.15) is 0 Å². The van der Waals surface area contributed by atoms with Gasteiger partial charge in [0, 0.05) is 67.0 Å². The molecule has 1 aliphatic rings. The highest BCUT2D eigenvalue weighted by molar-refractivity contribution is 6.30. The quantitative estimate of drug-likeness (QED) is 0.335. The van der Waals surface area contributed by atoms with Crippen LogP contribution in [-0.4, -0.2) is 65.5 Å². The molecule has 1 aromatic heterocycles. The number of methoxy groups -OCH3 is 1. The van der Waals surface area contributed by atoms with E-state index in [0.29, 0.717) is 6.54 Å². The second-order valence-corrected chi connectivity index (χ2v) is 9.99. The Morgan fingerprint density at radius 1 is 1.00 bits per heavy atom. The van der Waals surface area contributed by atoms with Gasteiger partial charge in [0.15, 0.2) is 0 Å². The third-order valence-electron chi connectivity index (χ3n) is 6.90. The number of carbonyl (C=O) groups excluding carboxylic acids is 1. The molecule has 1 saturated heterocycles. The number of ether oxygens (including phenoxy) is 1. The van der Waals surface area contributed by atoms with Crippen LogP contribution in [0, 0.1) is 0 Å². The molecule has 0 aliphatic carbocycles. The van der Waals surface area contributed by atoms with E-state index in [1.165, 1.54) is 5.56 Å². The van der Waals surface area contributed by atoms with Gasteiger partial charge < -0.3 is 10.1 Å². The SMILES string of the molecule is CCc1nccc(-c2cc(NC(=O)CN3CCN(Cc4ccc(Cl)cc4)CC3)c3cc(OC)ccc3c2)n1. The number of nitrogens with zero attached hydrogens (tertiary/aromatic N) is 4. The van der Waals surface area contributed by atoms with Crippen LogP contribution in [0.3, 0.4) is 0 Å². The molecule has 7 nitrogen and oxygen atoms in total. The first-order valence-electron chi connectivity index (χ1n) is 12.9. The van der Waals surface area contributed by atoms with Crippen molar-refractivity contribution in [3.05, 3.63) is 83.3 Å². The Labute approximate surface area is 228 Å².